The van der Waals surface area contributed by atoms with E-state index in [0.29, 0.717) is 11.3 Å². The van der Waals surface area contributed by atoms with Crippen LogP contribution in [0.4, 0.5) is 8.78 Å². The van der Waals surface area contributed by atoms with Gasteiger partial charge in [-0.3, -0.25) is 0 Å². The lowest BCUT2D eigenvalue weighted by Gasteiger charge is -2.22. The van der Waals surface area contributed by atoms with E-state index in [0.717, 1.165) is 24.0 Å². The van der Waals surface area contributed by atoms with Gasteiger partial charge in [0.25, 0.3) is 0 Å². The third kappa shape index (κ3) is 2.01. The fourth-order valence-electron chi connectivity index (χ4n) is 2.42. The summed E-state index contributed by atoms with van der Waals surface area (Å²) < 4.78 is 28.8. The van der Waals surface area contributed by atoms with Crippen molar-refractivity contribution in [1.82, 2.24) is 9.88 Å². The summed E-state index contributed by atoms with van der Waals surface area (Å²) in [6, 6.07) is 3.01. The number of aryl methyl sites for hydroxylation is 1. The van der Waals surface area contributed by atoms with Crippen LogP contribution >= 0.6 is 0 Å². The number of nitrogens with zero attached hydrogens (tertiary/aromatic N) is 1. The molecule has 2 nitrogen and oxygen atoms in total. The molecular formula is C14H18F2N2. The first-order valence-electron chi connectivity index (χ1n) is 6.15. The summed E-state index contributed by atoms with van der Waals surface area (Å²) in [6.45, 7) is 2.95. The standard InChI is InChI=1S/C12H11F2N.C2H7N/c1-7-2-4-15-5-3-8-11(14)10(13)6-9(7)12(8)15;1-3-2/h3,5-7H,2,4H2,1H3;3H,1-2H3. The zero-order chi connectivity index (χ0) is 13.3. The fourth-order valence-corrected chi connectivity index (χ4v) is 2.42. The maximum atomic E-state index is 13.5. The molecule has 0 saturated heterocycles. The van der Waals surface area contributed by atoms with Gasteiger partial charge in [-0.05, 0) is 44.1 Å². The minimum absolute atomic E-state index is 0.310. The zero-order valence-electron chi connectivity index (χ0n) is 10.9. The van der Waals surface area contributed by atoms with Crippen molar-refractivity contribution < 1.29 is 8.78 Å². The predicted molar refractivity (Wildman–Crippen MR) is 69.9 cm³/mol. The van der Waals surface area contributed by atoms with Crippen LogP contribution in [0.1, 0.15) is 24.8 Å². The molecule has 1 N–H and O–H groups in total. The van der Waals surface area contributed by atoms with Crippen LogP contribution in [0, 0.1) is 11.6 Å². The third-order valence-corrected chi connectivity index (χ3v) is 3.30. The number of hydrogen-bond acceptors (Lipinski definition) is 1. The predicted octanol–water partition coefficient (Wildman–Crippen LogP) is 3.26. The van der Waals surface area contributed by atoms with Crippen LogP contribution in [0.25, 0.3) is 10.9 Å². The number of aromatic nitrogens is 1. The molecule has 0 spiro atoms. The molecule has 18 heavy (non-hydrogen) atoms. The SMILES string of the molecule is CC1CCn2ccc3c(F)c(F)cc1c32.CNC. The Kier molecular flexibility index (Phi) is 3.66. The van der Waals surface area contributed by atoms with E-state index in [1.54, 1.807) is 6.07 Å². The monoisotopic (exact) mass is 252 g/mol. The van der Waals surface area contributed by atoms with Gasteiger partial charge < -0.3 is 9.88 Å². The summed E-state index contributed by atoms with van der Waals surface area (Å²) in [5.41, 5.74) is 1.80. The van der Waals surface area contributed by atoms with E-state index in [1.165, 1.54) is 6.07 Å². The number of halogens is 2. The molecule has 0 bridgehead atoms. The summed E-state index contributed by atoms with van der Waals surface area (Å²) in [7, 11) is 3.75. The molecule has 2 aromatic rings. The Balaban J connectivity index is 0.000000367. The molecule has 1 aliphatic rings. The van der Waals surface area contributed by atoms with Crippen LogP contribution in [-0.2, 0) is 6.54 Å². The Hall–Kier alpha value is -1.42. The van der Waals surface area contributed by atoms with Crippen molar-refractivity contribution >= 4 is 10.9 Å². The van der Waals surface area contributed by atoms with E-state index in [2.05, 4.69) is 12.2 Å². The van der Waals surface area contributed by atoms with Crippen molar-refractivity contribution in [2.45, 2.75) is 25.8 Å². The first-order valence-corrected chi connectivity index (χ1v) is 6.15. The van der Waals surface area contributed by atoms with Gasteiger partial charge in [0, 0.05) is 18.1 Å². The summed E-state index contributed by atoms with van der Waals surface area (Å²) in [5, 5.41) is 3.16. The molecule has 1 aliphatic heterocycles. The Labute approximate surface area is 106 Å². The van der Waals surface area contributed by atoms with Gasteiger partial charge in [-0.15, -0.1) is 0 Å². The van der Waals surface area contributed by atoms with E-state index < -0.39 is 11.6 Å². The van der Waals surface area contributed by atoms with Gasteiger partial charge in [0.2, 0.25) is 0 Å². The average molecular weight is 252 g/mol. The summed E-state index contributed by atoms with van der Waals surface area (Å²) >= 11 is 0. The van der Waals surface area contributed by atoms with E-state index in [1.807, 2.05) is 24.9 Å². The lowest BCUT2D eigenvalue weighted by atomic mass is 9.93. The molecule has 1 aromatic heterocycles. The van der Waals surface area contributed by atoms with E-state index in [9.17, 15) is 8.78 Å². The van der Waals surface area contributed by atoms with Gasteiger partial charge in [0.15, 0.2) is 11.6 Å². The molecule has 0 saturated carbocycles. The first kappa shape index (κ1) is 13.0. The normalized spacial score (nSPS) is 17.5. The second kappa shape index (κ2) is 5.06. The minimum atomic E-state index is -0.732. The average Bonchev–Trinajstić information content (AvgIpc) is 2.76. The molecule has 0 fully saturated rings. The highest BCUT2D eigenvalue weighted by molar-refractivity contribution is 5.85. The van der Waals surface area contributed by atoms with Gasteiger partial charge in [-0.25, -0.2) is 8.78 Å². The van der Waals surface area contributed by atoms with Crippen LogP contribution in [-0.4, -0.2) is 18.7 Å². The summed E-state index contributed by atoms with van der Waals surface area (Å²) in [4.78, 5) is 0. The molecule has 98 valence electrons. The topological polar surface area (TPSA) is 17.0 Å². The third-order valence-electron chi connectivity index (χ3n) is 3.30. The van der Waals surface area contributed by atoms with E-state index >= 15 is 0 Å². The smallest absolute Gasteiger partial charge is 0.168 e. The van der Waals surface area contributed by atoms with Crippen molar-refractivity contribution in [1.29, 1.82) is 0 Å². The van der Waals surface area contributed by atoms with E-state index in [4.69, 9.17) is 0 Å². The molecule has 0 amide bonds. The van der Waals surface area contributed by atoms with Crippen molar-refractivity contribution in [2.24, 2.45) is 0 Å². The van der Waals surface area contributed by atoms with Crippen LogP contribution in [0.2, 0.25) is 0 Å². The molecule has 3 rings (SSSR count). The largest absolute Gasteiger partial charge is 0.347 e. The zero-order valence-corrected chi connectivity index (χ0v) is 10.9. The van der Waals surface area contributed by atoms with Crippen LogP contribution in [0.15, 0.2) is 18.3 Å². The highest BCUT2D eigenvalue weighted by Gasteiger charge is 2.22. The van der Waals surface area contributed by atoms with Crippen molar-refractivity contribution in [3.63, 3.8) is 0 Å². The van der Waals surface area contributed by atoms with Crippen LogP contribution in [0.3, 0.4) is 0 Å². The lowest BCUT2D eigenvalue weighted by molar-refractivity contribution is 0.506. The van der Waals surface area contributed by atoms with Crippen LogP contribution in [0.5, 0.6) is 0 Å². The Morgan fingerprint density at radius 2 is 2.00 bits per heavy atom. The summed E-state index contributed by atoms with van der Waals surface area (Å²) in [6.07, 6.45) is 2.82. The van der Waals surface area contributed by atoms with E-state index in [-0.39, 0.29) is 0 Å². The quantitative estimate of drug-likeness (QED) is 0.761. The Bertz CT molecular complexity index is 560. The number of hydrogen-bond donors (Lipinski definition) is 1. The second-order valence-electron chi connectivity index (χ2n) is 4.72. The number of rotatable bonds is 0. The molecule has 1 unspecified atom stereocenters. The second-order valence-corrected chi connectivity index (χ2v) is 4.72. The van der Waals surface area contributed by atoms with Gasteiger partial charge in [0.05, 0.1) is 5.52 Å². The minimum Gasteiger partial charge on any atom is -0.347 e. The Morgan fingerprint density at radius 3 is 2.67 bits per heavy atom. The van der Waals surface area contributed by atoms with Crippen molar-refractivity contribution in [3.8, 4) is 0 Å². The molecule has 1 atom stereocenters. The highest BCUT2D eigenvalue weighted by Crippen LogP contribution is 2.35. The maximum absolute atomic E-state index is 13.5. The lowest BCUT2D eigenvalue weighted by Crippen LogP contribution is -2.11. The molecule has 4 heteroatoms. The summed E-state index contributed by atoms with van der Waals surface area (Å²) in [5.74, 6) is -1.14. The van der Waals surface area contributed by atoms with Gasteiger partial charge in [-0.1, -0.05) is 6.92 Å². The molecule has 0 radical (unpaired) electrons. The van der Waals surface area contributed by atoms with Crippen molar-refractivity contribution in [2.75, 3.05) is 14.1 Å². The molecule has 2 heterocycles. The molecular weight excluding hydrogens is 234 g/mol. The molecule has 0 aliphatic carbocycles. The first-order chi connectivity index (χ1) is 8.60. The number of benzene rings is 1. The molecule has 1 aromatic carbocycles. The van der Waals surface area contributed by atoms with Gasteiger partial charge in [-0.2, -0.15) is 0 Å². The number of nitrogens with one attached hydrogen (secondary N) is 1. The highest BCUT2D eigenvalue weighted by atomic mass is 19.2. The Morgan fingerprint density at radius 1 is 1.33 bits per heavy atom. The van der Waals surface area contributed by atoms with Gasteiger partial charge >= 0.3 is 0 Å². The van der Waals surface area contributed by atoms with Crippen LogP contribution < -0.4 is 5.32 Å². The fraction of sp³-hybridized carbons (Fsp3) is 0.429. The van der Waals surface area contributed by atoms with Crippen molar-refractivity contribution in [3.05, 3.63) is 35.5 Å². The van der Waals surface area contributed by atoms with Gasteiger partial charge in [0.1, 0.15) is 0 Å². The maximum Gasteiger partial charge on any atom is 0.168 e.